The van der Waals surface area contributed by atoms with Gasteiger partial charge in [0.15, 0.2) is 0 Å². The maximum Gasteiger partial charge on any atom is 0.275 e. The smallest absolute Gasteiger partial charge is 0.275 e. The Labute approximate surface area is 166 Å². The van der Waals surface area contributed by atoms with Crippen LogP contribution in [0.1, 0.15) is 5.56 Å². The standard InChI is InChI=1S/C22H18ClN3O2/c23-18-8-4-5-9-19(18)24-20(27)15-26-13-11-17-10-12-25(21(17)22(26)28)14-16-6-2-1-3-7-16/h1-13H,14-15H2,(H,24,27). The van der Waals surface area contributed by atoms with Crippen molar-refractivity contribution in [3.63, 3.8) is 0 Å². The molecule has 0 spiro atoms. The molecule has 0 fully saturated rings. The Morgan fingerprint density at radius 1 is 0.893 bits per heavy atom. The van der Waals surface area contributed by atoms with Crippen molar-refractivity contribution in [3.05, 3.63) is 100 Å². The fourth-order valence-electron chi connectivity index (χ4n) is 3.19. The van der Waals surface area contributed by atoms with Gasteiger partial charge in [0.2, 0.25) is 5.91 Å². The van der Waals surface area contributed by atoms with Gasteiger partial charge in [-0.25, -0.2) is 0 Å². The Balaban J connectivity index is 1.60. The van der Waals surface area contributed by atoms with Crippen LogP contribution in [0.3, 0.4) is 0 Å². The lowest BCUT2D eigenvalue weighted by molar-refractivity contribution is -0.116. The summed E-state index contributed by atoms with van der Waals surface area (Å²) in [6.07, 6.45) is 3.54. The quantitative estimate of drug-likeness (QED) is 0.555. The number of halogens is 1. The highest BCUT2D eigenvalue weighted by atomic mass is 35.5. The van der Waals surface area contributed by atoms with Crippen LogP contribution in [-0.2, 0) is 17.9 Å². The predicted molar refractivity (Wildman–Crippen MR) is 112 cm³/mol. The third-order valence-corrected chi connectivity index (χ3v) is 4.88. The highest BCUT2D eigenvalue weighted by Gasteiger charge is 2.12. The summed E-state index contributed by atoms with van der Waals surface area (Å²) in [4.78, 5) is 25.4. The molecular weight excluding hydrogens is 374 g/mol. The number of para-hydroxylation sites is 1. The van der Waals surface area contributed by atoms with E-state index in [1.165, 1.54) is 4.57 Å². The van der Waals surface area contributed by atoms with E-state index in [-0.39, 0.29) is 18.0 Å². The van der Waals surface area contributed by atoms with Gasteiger partial charge in [0.05, 0.1) is 10.7 Å². The number of hydrogen-bond donors (Lipinski definition) is 1. The highest BCUT2D eigenvalue weighted by molar-refractivity contribution is 6.33. The number of pyridine rings is 1. The number of benzene rings is 2. The topological polar surface area (TPSA) is 56.0 Å². The van der Waals surface area contributed by atoms with E-state index in [1.54, 1.807) is 30.5 Å². The summed E-state index contributed by atoms with van der Waals surface area (Å²) in [5, 5.41) is 4.05. The number of carbonyl (C=O) groups is 1. The molecule has 0 bridgehead atoms. The number of rotatable bonds is 5. The van der Waals surface area contributed by atoms with Crippen molar-refractivity contribution >= 4 is 34.1 Å². The van der Waals surface area contributed by atoms with Gasteiger partial charge in [-0.05, 0) is 29.8 Å². The number of anilines is 1. The van der Waals surface area contributed by atoms with Gasteiger partial charge in [-0.1, -0.05) is 54.1 Å². The molecule has 1 amide bonds. The lowest BCUT2D eigenvalue weighted by Crippen LogP contribution is -2.28. The lowest BCUT2D eigenvalue weighted by Gasteiger charge is -2.10. The molecule has 4 aromatic rings. The maximum absolute atomic E-state index is 13.0. The minimum atomic E-state index is -0.310. The van der Waals surface area contributed by atoms with Gasteiger partial charge in [-0.2, -0.15) is 0 Å². The van der Waals surface area contributed by atoms with Crippen LogP contribution in [-0.4, -0.2) is 15.0 Å². The van der Waals surface area contributed by atoms with Crippen molar-refractivity contribution in [3.8, 4) is 0 Å². The van der Waals surface area contributed by atoms with Crippen molar-refractivity contribution in [1.82, 2.24) is 9.13 Å². The summed E-state index contributed by atoms with van der Waals surface area (Å²) in [5.41, 5.74) is 2.01. The molecule has 2 aromatic carbocycles. The molecule has 28 heavy (non-hydrogen) atoms. The fraction of sp³-hybridized carbons (Fsp3) is 0.0909. The summed E-state index contributed by atoms with van der Waals surface area (Å²) >= 11 is 6.08. The SMILES string of the molecule is O=C(Cn1ccc2ccn(Cc3ccccc3)c2c1=O)Nc1ccccc1Cl. The summed E-state index contributed by atoms with van der Waals surface area (Å²) in [5.74, 6) is -0.310. The number of nitrogens with one attached hydrogen (secondary N) is 1. The first-order valence-corrected chi connectivity index (χ1v) is 9.26. The maximum atomic E-state index is 13.0. The van der Waals surface area contributed by atoms with Crippen LogP contribution >= 0.6 is 11.6 Å². The Morgan fingerprint density at radius 3 is 2.32 bits per heavy atom. The second kappa shape index (κ2) is 7.74. The van der Waals surface area contributed by atoms with Gasteiger partial charge in [0.1, 0.15) is 12.1 Å². The van der Waals surface area contributed by atoms with Crippen molar-refractivity contribution in [2.45, 2.75) is 13.1 Å². The van der Waals surface area contributed by atoms with Crippen molar-refractivity contribution in [2.24, 2.45) is 0 Å². The number of hydrogen-bond acceptors (Lipinski definition) is 2. The van der Waals surface area contributed by atoms with Crippen LogP contribution in [0.4, 0.5) is 5.69 Å². The Morgan fingerprint density at radius 2 is 1.57 bits per heavy atom. The molecule has 0 saturated carbocycles. The molecule has 0 unspecified atom stereocenters. The van der Waals surface area contributed by atoms with Crippen LogP contribution in [0.2, 0.25) is 5.02 Å². The average Bonchev–Trinajstić information content (AvgIpc) is 3.10. The van der Waals surface area contributed by atoms with Gasteiger partial charge in [0.25, 0.3) is 5.56 Å². The zero-order valence-corrected chi connectivity index (χ0v) is 15.8. The molecule has 2 aromatic heterocycles. The summed E-state index contributed by atoms with van der Waals surface area (Å²) in [6.45, 7) is 0.506. The van der Waals surface area contributed by atoms with Gasteiger partial charge < -0.3 is 14.5 Å². The molecule has 4 rings (SSSR count). The second-order valence-corrected chi connectivity index (χ2v) is 6.92. The predicted octanol–water partition coefficient (Wildman–Crippen LogP) is 4.14. The normalized spacial score (nSPS) is 10.9. The van der Waals surface area contributed by atoms with Gasteiger partial charge in [-0.15, -0.1) is 0 Å². The molecule has 0 radical (unpaired) electrons. The van der Waals surface area contributed by atoms with E-state index in [9.17, 15) is 9.59 Å². The third-order valence-electron chi connectivity index (χ3n) is 4.55. The van der Waals surface area contributed by atoms with E-state index in [1.807, 2.05) is 53.2 Å². The zero-order chi connectivity index (χ0) is 19.5. The van der Waals surface area contributed by atoms with Crippen molar-refractivity contribution < 1.29 is 4.79 Å². The summed E-state index contributed by atoms with van der Waals surface area (Å²) < 4.78 is 3.32. The number of carbonyl (C=O) groups excluding carboxylic acids is 1. The monoisotopic (exact) mass is 391 g/mol. The van der Waals surface area contributed by atoms with E-state index >= 15 is 0 Å². The molecule has 6 heteroatoms. The minimum Gasteiger partial charge on any atom is -0.339 e. The molecule has 0 aliphatic carbocycles. The molecule has 140 valence electrons. The first-order chi connectivity index (χ1) is 13.6. The molecule has 0 saturated heterocycles. The number of amides is 1. The summed E-state index contributed by atoms with van der Waals surface area (Å²) in [7, 11) is 0. The molecule has 0 atom stereocenters. The van der Waals surface area contributed by atoms with E-state index in [0.29, 0.717) is 22.8 Å². The van der Waals surface area contributed by atoms with E-state index in [4.69, 9.17) is 11.6 Å². The van der Waals surface area contributed by atoms with Gasteiger partial charge >= 0.3 is 0 Å². The largest absolute Gasteiger partial charge is 0.339 e. The van der Waals surface area contributed by atoms with E-state index in [2.05, 4.69) is 5.32 Å². The highest BCUT2D eigenvalue weighted by Crippen LogP contribution is 2.20. The van der Waals surface area contributed by atoms with Crippen LogP contribution < -0.4 is 10.9 Å². The fourth-order valence-corrected chi connectivity index (χ4v) is 3.37. The molecular formula is C22H18ClN3O2. The van der Waals surface area contributed by atoms with Crippen LogP contribution in [0.15, 0.2) is 83.9 Å². The van der Waals surface area contributed by atoms with E-state index in [0.717, 1.165) is 10.9 Å². The summed E-state index contributed by atoms with van der Waals surface area (Å²) in [6, 6.07) is 20.7. The third kappa shape index (κ3) is 3.70. The first kappa shape index (κ1) is 18.1. The van der Waals surface area contributed by atoms with Gasteiger partial charge in [0, 0.05) is 24.3 Å². The minimum absolute atomic E-state index is 0.0868. The molecule has 0 aliphatic rings. The average molecular weight is 392 g/mol. The molecule has 2 heterocycles. The van der Waals surface area contributed by atoms with Crippen LogP contribution in [0, 0.1) is 0 Å². The molecule has 5 nitrogen and oxygen atoms in total. The molecule has 1 N–H and O–H groups in total. The molecule has 0 aliphatic heterocycles. The number of aromatic nitrogens is 2. The number of nitrogens with zero attached hydrogens (tertiary/aromatic N) is 2. The number of fused-ring (bicyclic) bond motifs is 1. The Bertz CT molecular complexity index is 1200. The second-order valence-electron chi connectivity index (χ2n) is 6.51. The van der Waals surface area contributed by atoms with Crippen LogP contribution in [0.5, 0.6) is 0 Å². The van der Waals surface area contributed by atoms with Crippen LogP contribution in [0.25, 0.3) is 10.9 Å². The van der Waals surface area contributed by atoms with Crippen molar-refractivity contribution in [1.29, 1.82) is 0 Å². The zero-order valence-electron chi connectivity index (χ0n) is 15.0. The van der Waals surface area contributed by atoms with E-state index < -0.39 is 0 Å². The van der Waals surface area contributed by atoms with Gasteiger partial charge in [-0.3, -0.25) is 9.59 Å². The van der Waals surface area contributed by atoms with Crippen molar-refractivity contribution in [2.75, 3.05) is 5.32 Å². The lowest BCUT2D eigenvalue weighted by atomic mass is 10.2. The first-order valence-electron chi connectivity index (χ1n) is 8.88. The Hall–Kier alpha value is -3.31. The Kier molecular flexibility index (Phi) is 5.00.